The van der Waals surface area contributed by atoms with E-state index < -0.39 is 0 Å². The summed E-state index contributed by atoms with van der Waals surface area (Å²) < 4.78 is 1.54. The molecule has 0 amide bonds. The normalized spacial score (nSPS) is 10.9. The van der Waals surface area contributed by atoms with Crippen molar-refractivity contribution < 1.29 is 0 Å². The van der Waals surface area contributed by atoms with E-state index in [1.807, 2.05) is 12.1 Å². The fraction of sp³-hybridized carbons (Fsp3) is 0.0833. The predicted octanol–water partition coefficient (Wildman–Crippen LogP) is 1.82. The van der Waals surface area contributed by atoms with Crippen LogP contribution in [0.15, 0.2) is 41.6 Å². The first kappa shape index (κ1) is 11.0. The van der Waals surface area contributed by atoms with Crippen molar-refractivity contribution in [1.82, 2.24) is 19.7 Å². The topological polar surface area (TPSA) is 63.6 Å². The number of halogens is 1. The summed E-state index contributed by atoms with van der Waals surface area (Å²) in [7, 11) is 0. The molecular weight excluding hydrogens is 252 g/mol. The molecule has 0 aliphatic rings. The van der Waals surface area contributed by atoms with Crippen LogP contribution in [0.4, 0.5) is 0 Å². The van der Waals surface area contributed by atoms with Gasteiger partial charge in [-0.25, -0.2) is 4.98 Å². The summed E-state index contributed by atoms with van der Waals surface area (Å²) in [5.74, 6) is 0. The van der Waals surface area contributed by atoms with Crippen molar-refractivity contribution in [1.29, 1.82) is 0 Å². The summed E-state index contributed by atoms with van der Waals surface area (Å²) >= 11 is 5.82. The van der Waals surface area contributed by atoms with Crippen LogP contribution < -0.4 is 5.56 Å². The van der Waals surface area contributed by atoms with Crippen LogP contribution in [0, 0.1) is 0 Å². The molecule has 0 bridgehead atoms. The summed E-state index contributed by atoms with van der Waals surface area (Å²) in [5, 5.41) is 7.64. The largest absolute Gasteiger partial charge is 0.294 e. The van der Waals surface area contributed by atoms with Gasteiger partial charge in [0.1, 0.15) is 11.7 Å². The number of nitrogens with one attached hydrogen (secondary N) is 1. The van der Waals surface area contributed by atoms with Gasteiger partial charge in [-0.1, -0.05) is 23.7 Å². The summed E-state index contributed by atoms with van der Waals surface area (Å²) in [4.78, 5) is 16.2. The first-order valence-electron chi connectivity index (χ1n) is 5.37. The molecule has 3 rings (SSSR count). The van der Waals surface area contributed by atoms with Gasteiger partial charge in [0.05, 0.1) is 12.7 Å². The molecular formula is C12H9ClN4O. The molecule has 0 radical (unpaired) electrons. The number of nitrogens with zero attached hydrogens (tertiary/aromatic N) is 3. The standard InChI is InChI=1S/C12H9ClN4O/c13-9-3-1-8(2-4-9)6-17-7-14-11-10(12(17)18)5-15-16-11/h1-5,7H,6H2,(H,15,16). The zero-order valence-corrected chi connectivity index (χ0v) is 10.1. The molecule has 5 nitrogen and oxygen atoms in total. The van der Waals surface area contributed by atoms with E-state index in [1.165, 1.54) is 12.5 Å². The molecule has 2 aromatic heterocycles. The highest BCUT2D eigenvalue weighted by atomic mass is 35.5. The Morgan fingerprint density at radius 3 is 2.83 bits per heavy atom. The van der Waals surface area contributed by atoms with Gasteiger partial charge in [-0.3, -0.25) is 14.5 Å². The molecule has 18 heavy (non-hydrogen) atoms. The molecule has 0 atom stereocenters. The number of aromatic nitrogens is 4. The number of fused-ring (bicyclic) bond motifs is 1. The zero-order valence-electron chi connectivity index (χ0n) is 9.30. The van der Waals surface area contributed by atoms with Crippen molar-refractivity contribution in [2.45, 2.75) is 6.54 Å². The Hall–Kier alpha value is -2.14. The fourth-order valence-electron chi connectivity index (χ4n) is 1.77. The average molecular weight is 261 g/mol. The minimum atomic E-state index is -0.108. The molecule has 0 spiro atoms. The third-order valence-electron chi connectivity index (χ3n) is 2.70. The summed E-state index contributed by atoms with van der Waals surface area (Å²) in [5.41, 5.74) is 1.39. The van der Waals surface area contributed by atoms with Crippen LogP contribution in [0.25, 0.3) is 11.0 Å². The maximum Gasteiger partial charge on any atom is 0.264 e. The van der Waals surface area contributed by atoms with Crippen molar-refractivity contribution in [3.05, 3.63) is 57.7 Å². The van der Waals surface area contributed by atoms with Crippen LogP contribution >= 0.6 is 11.6 Å². The monoisotopic (exact) mass is 260 g/mol. The van der Waals surface area contributed by atoms with Crippen molar-refractivity contribution in [3.63, 3.8) is 0 Å². The lowest BCUT2D eigenvalue weighted by Gasteiger charge is -2.05. The lowest BCUT2D eigenvalue weighted by Crippen LogP contribution is -2.20. The minimum absolute atomic E-state index is 0.108. The van der Waals surface area contributed by atoms with Crippen molar-refractivity contribution in [3.8, 4) is 0 Å². The molecule has 0 aliphatic heterocycles. The highest BCUT2D eigenvalue weighted by molar-refractivity contribution is 6.30. The maximum absolute atomic E-state index is 12.1. The lowest BCUT2D eigenvalue weighted by atomic mass is 10.2. The fourth-order valence-corrected chi connectivity index (χ4v) is 1.89. The van der Waals surface area contributed by atoms with Crippen LogP contribution in [0.1, 0.15) is 5.56 Å². The summed E-state index contributed by atoms with van der Waals surface area (Å²) in [6, 6.07) is 7.36. The van der Waals surface area contributed by atoms with Crippen LogP contribution in [0.2, 0.25) is 5.02 Å². The number of benzene rings is 1. The second kappa shape index (κ2) is 4.27. The van der Waals surface area contributed by atoms with Crippen molar-refractivity contribution in [2.24, 2.45) is 0 Å². The SMILES string of the molecule is O=c1c2cn[nH]c2ncn1Cc1ccc(Cl)cc1. The molecule has 0 saturated carbocycles. The molecule has 0 fully saturated rings. The first-order valence-corrected chi connectivity index (χ1v) is 5.75. The van der Waals surface area contributed by atoms with Crippen molar-refractivity contribution in [2.75, 3.05) is 0 Å². The van der Waals surface area contributed by atoms with Gasteiger partial charge < -0.3 is 0 Å². The van der Waals surface area contributed by atoms with Crippen LogP contribution in [-0.2, 0) is 6.54 Å². The molecule has 6 heteroatoms. The van der Waals surface area contributed by atoms with E-state index in [0.29, 0.717) is 22.6 Å². The van der Waals surface area contributed by atoms with Crippen LogP contribution in [0.5, 0.6) is 0 Å². The molecule has 2 heterocycles. The highest BCUT2D eigenvalue weighted by Gasteiger charge is 2.05. The molecule has 0 saturated heterocycles. The Morgan fingerprint density at radius 1 is 1.28 bits per heavy atom. The predicted molar refractivity (Wildman–Crippen MR) is 68.7 cm³/mol. The molecule has 3 aromatic rings. The number of hydrogen-bond donors (Lipinski definition) is 1. The number of rotatable bonds is 2. The molecule has 90 valence electrons. The van der Waals surface area contributed by atoms with Gasteiger partial charge >= 0.3 is 0 Å². The van der Waals surface area contributed by atoms with Gasteiger partial charge in [0.25, 0.3) is 5.56 Å². The number of aromatic amines is 1. The Bertz CT molecular complexity index is 745. The minimum Gasteiger partial charge on any atom is -0.294 e. The number of hydrogen-bond acceptors (Lipinski definition) is 3. The zero-order chi connectivity index (χ0) is 12.5. The second-order valence-corrected chi connectivity index (χ2v) is 4.37. The second-order valence-electron chi connectivity index (χ2n) is 3.94. The smallest absolute Gasteiger partial charge is 0.264 e. The Balaban J connectivity index is 2.02. The summed E-state index contributed by atoms with van der Waals surface area (Å²) in [6.45, 7) is 0.462. The van der Waals surface area contributed by atoms with Crippen LogP contribution in [0.3, 0.4) is 0 Å². The molecule has 1 N–H and O–H groups in total. The van der Waals surface area contributed by atoms with Crippen LogP contribution in [-0.4, -0.2) is 19.7 Å². The molecule has 1 aromatic carbocycles. The van der Waals surface area contributed by atoms with Gasteiger partial charge in [0, 0.05) is 5.02 Å². The quantitative estimate of drug-likeness (QED) is 0.764. The van der Waals surface area contributed by atoms with Gasteiger partial charge in [0.2, 0.25) is 0 Å². The maximum atomic E-state index is 12.1. The van der Waals surface area contributed by atoms with E-state index in [9.17, 15) is 4.79 Å². The van der Waals surface area contributed by atoms with E-state index in [0.717, 1.165) is 5.56 Å². The third kappa shape index (κ3) is 1.89. The Morgan fingerprint density at radius 2 is 2.06 bits per heavy atom. The van der Waals surface area contributed by atoms with E-state index >= 15 is 0 Å². The van der Waals surface area contributed by atoms with Gasteiger partial charge in [-0.2, -0.15) is 5.10 Å². The van der Waals surface area contributed by atoms with Crippen molar-refractivity contribution >= 4 is 22.6 Å². The van der Waals surface area contributed by atoms with E-state index in [-0.39, 0.29) is 5.56 Å². The average Bonchev–Trinajstić information content (AvgIpc) is 2.84. The Kier molecular flexibility index (Phi) is 2.60. The lowest BCUT2D eigenvalue weighted by molar-refractivity contribution is 0.748. The third-order valence-corrected chi connectivity index (χ3v) is 2.95. The van der Waals surface area contributed by atoms with Gasteiger partial charge in [-0.05, 0) is 17.7 Å². The van der Waals surface area contributed by atoms with E-state index in [4.69, 9.17) is 11.6 Å². The van der Waals surface area contributed by atoms with E-state index in [2.05, 4.69) is 15.2 Å². The van der Waals surface area contributed by atoms with Gasteiger partial charge in [0.15, 0.2) is 5.65 Å². The van der Waals surface area contributed by atoms with Gasteiger partial charge in [-0.15, -0.1) is 0 Å². The number of H-pyrrole nitrogens is 1. The summed E-state index contributed by atoms with van der Waals surface area (Å²) in [6.07, 6.45) is 3.00. The first-order chi connectivity index (χ1) is 8.74. The van der Waals surface area contributed by atoms with E-state index in [1.54, 1.807) is 16.7 Å². The highest BCUT2D eigenvalue weighted by Crippen LogP contribution is 2.10. The Labute approximate surface area is 107 Å². The molecule has 0 unspecified atom stereocenters. The molecule has 0 aliphatic carbocycles.